The van der Waals surface area contributed by atoms with Crippen LogP contribution in [0.4, 0.5) is 4.79 Å². The standard InChI is InChI=1S/C27H30N2O5/c30-25(29-14-6-13-24(29)26(31)32)18-12-5-7-17(18)15-28-27(33)34-16-23-21-10-3-1-8-19(21)20-9-2-4-11-22(20)23/h1-4,8-11,17-18,23-24H,5-7,12-16H2,(H,28,33)(H,31,32)/t17-,18-,24?/m1/s1. The normalized spacial score (nSPS) is 23.4. The van der Waals surface area contributed by atoms with Crippen molar-refractivity contribution in [2.45, 2.75) is 44.1 Å². The molecule has 1 saturated carbocycles. The molecule has 178 valence electrons. The topological polar surface area (TPSA) is 95.9 Å². The van der Waals surface area contributed by atoms with E-state index in [2.05, 4.69) is 29.6 Å². The second-order valence-electron chi connectivity index (χ2n) is 9.53. The number of carboxylic acids is 1. The number of carbonyl (C=O) groups is 3. The van der Waals surface area contributed by atoms with Crippen LogP contribution in [0.2, 0.25) is 0 Å². The summed E-state index contributed by atoms with van der Waals surface area (Å²) in [4.78, 5) is 38.6. The third-order valence-electron chi connectivity index (χ3n) is 7.65. The van der Waals surface area contributed by atoms with Crippen LogP contribution in [0.5, 0.6) is 0 Å². The van der Waals surface area contributed by atoms with Gasteiger partial charge in [-0.2, -0.15) is 0 Å². The van der Waals surface area contributed by atoms with Gasteiger partial charge >= 0.3 is 12.1 Å². The highest BCUT2D eigenvalue weighted by Gasteiger charge is 2.41. The Kier molecular flexibility index (Phi) is 6.26. The van der Waals surface area contributed by atoms with Gasteiger partial charge in [-0.25, -0.2) is 9.59 Å². The van der Waals surface area contributed by atoms with Gasteiger partial charge < -0.3 is 20.1 Å². The first-order chi connectivity index (χ1) is 16.5. The average Bonchev–Trinajstić information content (AvgIpc) is 3.59. The zero-order valence-corrected chi connectivity index (χ0v) is 19.1. The van der Waals surface area contributed by atoms with Crippen LogP contribution < -0.4 is 5.32 Å². The molecule has 0 spiro atoms. The zero-order chi connectivity index (χ0) is 23.7. The largest absolute Gasteiger partial charge is 0.480 e. The van der Waals surface area contributed by atoms with Crippen molar-refractivity contribution in [2.75, 3.05) is 19.7 Å². The summed E-state index contributed by atoms with van der Waals surface area (Å²) >= 11 is 0. The van der Waals surface area contributed by atoms with Gasteiger partial charge in [-0.05, 0) is 53.9 Å². The van der Waals surface area contributed by atoms with E-state index in [9.17, 15) is 19.5 Å². The quantitative estimate of drug-likeness (QED) is 0.676. The fourth-order valence-electron chi connectivity index (χ4n) is 5.97. The number of aliphatic carboxylic acids is 1. The predicted octanol–water partition coefficient (Wildman–Crippen LogP) is 4.02. The Bertz CT molecular complexity index is 1050. The molecule has 1 heterocycles. The highest BCUT2D eigenvalue weighted by atomic mass is 16.5. The van der Waals surface area contributed by atoms with E-state index in [-0.39, 0.29) is 30.3 Å². The van der Waals surface area contributed by atoms with Crippen LogP contribution in [-0.2, 0) is 14.3 Å². The van der Waals surface area contributed by atoms with E-state index in [1.165, 1.54) is 16.0 Å². The van der Waals surface area contributed by atoms with E-state index in [1.807, 2.05) is 24.3 Å². The SMILES string of the molecule is O=C(NC[C@H]1CCC[C@H]1C(=O)N1CCCC1C(=O)O)OCC1c2ccccc2-c2ccccc21. The molecule has 0 radical (unpaired) electrons. The molecule has 0 bridgehead atoms. The van der Waals surface area contributed by atoms with Crippen molar-refractivity contribution in [3.8, 4) is 11.1 Å². The number of fused-ring (bicyclic) bond motifs is 3. The van der Waals surface area contributed by atoms with Crippen molar-refractivity contribution in [2.24, 2.45) is 11.8 Å². The predicted molar refractivity (Wildman–Crippen MR) is 126 cm³/mol. The van der Waals surface area contributed by atoms with Crippen LogP contribution in [0, 0.1) is 11.8 Å². The summed E-state index contributed by atoms with van der Waals surface area (Å²) in [6.45, 7) is 1.11. The number of carbonyl (C=O) groups excluding carboxylic acids is 2. The fraction of sp³-hybridized carbons (Fsp3) is 0.444. The van der Waals surface area contributed by atoms with Crippen LogP contribution in [-0.4, -0.2) is 53.7 Å². The van der Waals surface area contributed by atoms with Crippen molar-refractivity contribution in [1.29, 1.82) is 0 Å². The van der Waals surface area contributed by atoms with Gasteiger partial charge in [0, 0.05) is 24.9 Å². The summed E-state index contributed by atoms with van der Waals surface area (Å²) in [5.74, 6) is -1.25. The van der Waals surface area contributed by atoms with Crippen molar-refractivity contribution >= 4 is 18.0 Å². The smallest absolute Gasteiger partial charge is 0.407 e. The highest BCUT2D eigenvalue weighted by Crippen LogP contribution is 2.44. The number of nitrogens with one attached hydrogen (secondary N) is 1. The van der Waals surface area contributed by atoms with Crippen LogP contribution >= 0.6 is 0 Å². The van der Waals surface area contributed by atoms with Gasteiger partial charge in [-0.15, -0.1) is 0 Å². The van der Waals surface area contributed by atoms with Crippen molar-refractivity contribution in [1.82, 2.24) is 10.2 Å². The number of nitrogens with zero attached hydrogens (tertiary/aromatic N) is 1. The maximum absolute atomic E-state index is 13.1. The second-order valence-corrected chi connectivity index (χ2v) is 9.53. The molecule has 7 nitrogen and oxygen atoms in total. The Balaban J connectivity index is 1.17. The minimum absolute atomic E-state index is 0.00192. The molecule has 3 aliphatic rings. The lowest BCUT2D eigenvalue weighted by atomic mass is 9.94. The van der Waals surface area contributed by atoms with Crippen LogP contribution in [0.1, 0.15) is 49.1 Å². The number of hydrogen-bond acceptors (Lipinski definition) is 4. The Morgan fingerprint density at radius 2 is 1.62 bits per heavy atom. The molecule has 0 aromatic heterocycles. The third-order valence-corrected chi connectivity index (χ3v) is 7.65. The lowest BCUT2D eigenvalue weighted by molar-refractivity contribution is -0.150. The van der Waals surface area contributed by atoms with E-state index in [4.69, 9.17) is 4.74 Å². The fourth-order valence-corrected chi connectivity index (χ4v) is 5.97. The Morgan fingerprint density at radius 1 is 0.941 bits per heavy atom. The summed E-state index contributed by atoms with van der Waals surface area (Å²) in [5, 5.41) is 12.3. The molecule has 2 aromatic carbocycles. The minimum atomic E-state index is -0.933. The van der Waals surface area contributed by atoms with Gasteiger partial charge in [0.05, 0.1) is 0 Å². The van der Waals surface area contributed by atoms with Crippen LogP contribution in [0.15, 0.2) is 48.5 Å². The lowest BCUT2D eigenvalue weighted by Gasteiger charge is -2.28. The van der Waals surface area contributed by atoms with Crippen molar-refractivity contribution in [3.05, 3.63) is 59.7 Å². The Hall–Kier alpha value is -3.35. The highest BCUT2D eigenvalue weighted by molar-refractivity contribution is 5.86. The van der Waals surface area contributed by atoms with Gasteiger partial charge in [0.25, 0.3) is 0 Å². The van der Waals surface area contributed by atoms with Gasteiger partial charge in [0.1, 0.15) is 12.6 Å². The minimum Gasteiger partial charge on any atom is -0.480 e. The number of rotatable bonds is 6. The Labute approximate surface area is 199 Å². The molecule has 2 fully saturated rings. The number of likely N-dealkylation sites (tertiary alicyclic amines) is 1. The molecule has 5 rings (SSSR count). The number of hydrogen-bond donors (Lipinski definition) is 2. The molecule has 1 unspecified atom stereocenters. The van der Waals surface area contributed by atoms with Gasteiger partial charge in [0.2, 0.25) is 5.91 Å². The van der Waals surface area contributed by atoms with Crippen molar-refractivity contribution < 1.29 is 24.2 Å². The van der Waals surface area contributed by atoms with E-state index in [0.717, 1.165) is 36.8 Å². The molecule has 1 saturated heterocycles. The Morgan fingerprint density at radius 3 is 2.29 bits per heavy atom. The molecule has 2 N–H and O–H groups in total. The van der Waals surface area contributed by atoms with Gasteiger partial charge in [-0.1, -0.05) is 55.0 Å². The summed E-state index contributed by atoms with van der Waals surface area (Å²) < 4.78 is 5.62. The molecule has 7 heteroatoms. The molecule has 3 atom stereocenters. The van der Waals surface area contributed by atoms with E-state index >= 15 is 0 Å². The summed E-state index contributed by atoms with van der Waals surface area (Å²) in [7, 11) is 0. The van der Waals surface area contributed by atoms with Gasteiger partial charge in [-0.3, -0.25) is 4.79 Å². The number of alkyl carbamates (subject to hydrolysis) is 1. The maximum Gasteiger partial charge on any atom is 0.407 e. The van der Waals surface area contributed by atoms with E-state index < -0.39 is 18.1 Å². The monoisotopic (exact) mass is 462 g/mol. The first kappa shape index (κ1) is 22.4. The van der Waals surface area contributed by atoms with Crippen LogP contribution in [0.25, 0.3) is 11.1 Å². The first-order valence-electron chi connectivity index (χ1n) is 12.2. The third kappa shape index (κ3) is 4.15. The lowest BCUT2D eigenvalue weighted by Crippen LogP contribution is -2.45. The molecular formula is C27H30N2O5. The number of carboxylic acid groups (broad SMARTS) is 1. The summed E-state index contributed by atoms with van der Waals surface area (Å²) in [5.41, 5.74) is 4.69. The first-order valence-corrected chi connectivity index (χ1v) is 12.2. The summed E-state index contributed by atoms with van der Waals surface area (Å²) in [6, 6.07) is 15.7. The van der Waals surface area contributed by atoms with E-state index in [1.54, 1.807) is 0 Å². The zero-order valence-electron chi connectivity index (χ0n) is 19.1. The molecule has 2 aromatic rings. The molecule has 1 aliphatic heterocycles. The number of amides is 2. The number of benzene rings is 2. The molecule has 2 aliphatic carbocycles. The second kappa shape index (κ2) is 9.49. The molecule has 2 amide bonds. The van der Waals surface area contributed by atoms with Crippen molar-refractivity contribution in [3.63, 3.8) is 0 Å². The molecule has 34 heavy (non-hydrogen) atoms. The van der Waals surface area contributed by atoms with Crippen LogP contribution in [0.3, 0.4) is 0 Å². The maximum atomic E-state index is 13.1. The average molecular weight is 463 g/mol. The summed E-state index contributed by atoms with van der Waals surface area (Å²) in [6.07, 6.45) is 3.22. The van der Waals surface area contributed by atoms with Gasteiger partial charge in [0.15, 0.2) is 0 Å². The molecular weight excluding hydrogens is 432 g/mol. The number of ether oxygens (including phenoxy) is 1. The van der Waals surface area contributed by atoms with E-state index in [0.29, 0.717) is 19.5 Å².